The molecule has 0 aromatic carbocycles. The number of hydrogen-bond donors (Lipinski definition) is 1. The highest BCUT2D eigenvalue weighted by atomic mass is 15.2. The molecule has 0 spiro atoms. The first-order valence-corrected chi connectivity index (χ1v) is 6.37. The van der Waals surface area contributed by atoms with Crippen LogP contribution in [0.1, 0.15) is 45.4 Å². The topological polar surface area (TPSA) is 15.3 Å². The Hall–Kier alpha value is -0.0800. The molecule has 0 amide bonds. The summed E-state index contributed by atoms with van der Waals surface area (Å²) >= 11 is 0. The van der Waals surface area contributed by atoms with Gasteiger partial charge < -0.3 is 5.32 Å². The quantitative estimate of drug-likeness (QED) is 0.723. The van der Waals surface area contributed by atoms with Crippen molar-refractivity contribution in [3.05, 3.63) is 0 Å². The number of nitrogens with one attached hydrogen (secondary N) is 1. The summed E-state index contributed by atoms with van der Waals surface area (Å²) in [6.45, 7) is 6.22. The Kier molecular flexibility index (Phi) is 3.82. The van der Waals surface area contributed by atoms with Gasteiger partial charge in [0.25, 0.3) is 0 Å². The van der Waals surface area contributed by atoms with Crippen LogP contribution in [0.3, 0.4) is 0 Å². The summed E-state index contributed by atoms with van der Waals surface area (Å²) in [5.41, 5.74) is 0. The molecule has 1 heterocycles. The van der Waals surface area contributed by atoms with E-state index in [1.165, 1.54) is 58.2 Å². The fraction of sp³-hybridized carbons (Fsp3) is 1.00. The smallest absolute Gasteiger partial charge is 0.0218 e. The first-order valence-electron chi connectivity index (χ1n) is 6.37. The van der Waals surface area contributed by atoms with Crippen LogP contribution in [0.4, 0.5) is 0 Å². The van der Waals surface area contributed by atoms with E-state index >= 15 is 0 Å². The van der Waals surface area contributed by atoms with Crippen molar-refractivity contribution in [2.75, 3.05) is 19.6 Å². The van der Waals surface area contributed by atoms with Crippen molar-refractivity contribution >= 4 is 0 Å². The van der Waals surface area contributed by atoms with Crippen LogP contribution >= 0.6 is 0 Å². The predicted octanol–water partition coefficient (Wildman–Crippen LogP) is 2.00. The van der Waals surface area contributed by atoms with Crippen molar-refractivity contribution in [1.82, 2.24) is 10.2 Å². The molecular weight excluding hydrogens is 172 g/mol. The molecule has 0 bridgehead atoms. The van der Waals surface area contributed by atoms with Gasteiger partial charge in [0.1, 0.15) is 0 Å². The van der Waals surface area contributed by atoms with Gasteiger partial charge in [-0.15, -0.1) is 0 Å². The van der Waals surface area contributed by atoms with Crippen LogP contribution in [0.15, 0.2) is 0 Å². The zero-order valence-corrected chi connectivity index (χ0v) is 9.47. The average molecular weight is 196 g/mol. The van der Waals surface area contributed by atoms with E-state index in [0.29, 0.717) is 0 Å². The van der Waals surface area contributed by atoms with E-state index in [0.717, 1.165) is 12.1 Å². The number of likely N-dealkylation sites (tertiary alicyclic amines) is 1. The van der Waals surface area contributed by atoms with E-state index in [1.807, 2.05) is 0 Å². The first kappa shape index (κ1) is 10.4. The van der Waals surface area contributed by atoms with Gasteiger partial charge in [0.2, 0.25) is 0 Å². The summed E-state index contributed by atoms with van der Waals surface area (Å²) in [5.74, 6) is 0. The van der Waals surface area contributed by atoms with Crippen molar-refractivity contribution in [2.45, 2.75) is 57.5 Å². The largest absolute Gasteiger partial charge is 0.312 e. The normalized spacial score (nSPS) is 26.4. The molecule has 1 N–H and O–H groups in total. The van der Waals surface area contributed by atoms with Crippen LogP contribution < -0.4 is 5.32 Å². The molecule has 1 saturated heterocycles. The molecule has 0 aromatic rings. The van der Waals surface area contributed by atoms with Gasteiger partial charge in [-0.2, -0.15) is 0 Å². The summed E-state index contributed by atoms with van der Waals surface area (Å²) in [6.07, 6.45) is 8.41. The number of rotatable bonds is 5. The lowest BCUT2D eigenvalue weighted by molar-refractivity contribution is 0.211. The Morgan fingerprint density at radius 1 is 1.21 bits per heavy atom. The molecule has 0 radical (unpaired) electrons. The minimum atomic E-state index is 0.804. The fourth-order valence-corrected chi connectivity index (χ4v) is 2.55. The first-order chi connectivity index (χ1) is 6.90. The number of hydrogen-bond acceptors (Lipinski definition) is 2. The van der Waals surface area contributed by atoms with E-state index in [2.05, 4.69) is 17.1 Å². The molecule has 2 heteroatoms. The summed E-state index contributed by atoms with van der Waals surface area (Å²) in [6, 6.07) is 1.66. The van der Waals surface area contributed by atoms with E-state index in [-0.39, 0.29) is 0 Å². The molecule has 82 valence electrons. The van der Waals surface area contributed by atoms with Crippen LogP contribution in [0.5, 0.6) is 0 Å². The highest BCUT2D eigenvalue weighted by molar-refractivity contribution is 4.82. The molecule has 2 nitrogen and oxygen atoms in total. The van der Waals surface area contributed by atoms with Gasteiger partial charge in [-0.3, -0.25) is 4.90 Å². The van der Waals surface area contributed by atoms with Gasteiger partial charge >= 0.3 is 0 Å². The molecule has 1 saturated carbocycles. The third-order valence-electron chi connectivity index (χ3n) is 3.88. The molecular formula is C12H24N2. The Balaban J connectivity index is 1.68. The van der Waals surface area contributed by atoms with E-state index in [1.54, 1.807) is 0 Å². The maximum absolute atomic E-state index is 3.71. The Morgan fingerprint density at radius 2 is 1.93 bits per heavy atom. The Labute approximate surface area is 88.1 Å². The lowest BCUT2D eigenvalue weighted by atomic mass is 9.93. The second kappa shape index (κ2) is 5.13. The van der Waals surface area contributed by atoms with Gasteiger partial charge in [-0.25, -0.2) is 0 Å². The lowest BCUT2D eigenvalue weighted by Crippen LogP contribution is -2.45. The molecule has 2 rings (SSSR count). The van der Waals surface area contributed by atoms with Gasteiger partial charge in [-0.05, 0) is 45.2 Å². The van der Waals surface area contributed by atoms with Crippen LogP contribution in [0.2, 0.25) is 0 Å². The zero-order chi connectivity index (χ0) is 9.80. The molecule has 0 aromatic heterocycles. The standard InChI is InChI=1S/C12H24N2/c1-2-12(14-8-3-4-9-14)10-13-11-6-5-7-11/h11-13H,2-10H2,1H3. The lowest BCUT2D eigenvalue weighted by Gasteiger charge is -2.32. The highest BCUT2D eigenvalue weighted by Gasteiger charge is 2.22. The van der Waals surface area contributed by atoms with Gasteiger partial charge in [0.15, 0.2) is 0 Å². The van der Waals surface area contributed by atoms with Crippen molar-refractivity contribution in [1.29, 1.82) is 0 Å². The fourth-order valence-electron chi connectivity index (χ4n) is 2.55. The third-order valence-corrected chi connectivity index (χ3v) is 3.88. The summed E-state index contributed by atoms with van der Waals surface area (Å²) < 4.78 is 0. The van der Waals surface area contributed by atoms with Gasteiger partial charge in [-0.1, -0.05) is 13.3 Å². The van der Waals surface area contributed by atoms with Crippen molar-refractivity contribution < 1.29 is 0 Å². The average Bonchev–Trinajstić information content (AvgIpc) is 2.62. The van der Waals surface area contributed by atoms with Crippen LogP contribution in [0.25, 0.3) is 0 Å². The number of nitrogens with zero attached hydrogens (tertiary/aromatic N) is 1. The maximum atomic E-state index is 3.71. The predicted molar refractivity (Wildman–Crippen MR) is 60.5 cm³/mol. The molecule has 1 atom stereocenters. The second-order valence-corrected chi connectivity index (χ2v) is 4.84. The van der Waals surface area contributed by atoms with Crippen LogP contribution in [0, 0.1) is 0 Å². The minimum absolute atomic E-state index is 0.804. The van der Waals surface area contributed by atoms with E-state index < -0.39 is 0 Å². The van der Waals surface area contributed by atoms with Crippen molar-refractivity contribution in [3.8, 4) is 0 Å². The Morgan fingerprint density at radius 3 is 2.43 bits per heavy atom. The van der Waals surface area contributed by atoms with Crippen LogP contribution in [-0.4, -0.2) is 36.6 Å². The second-order valence-electron chi connectivity index (χ2n) is 4.84. The van der Waals surface area contributed by atoms with Gasteiger partial charge in [0, 0.05) is 18.6 Å². The third kappa shape index (κ3) is 2.48. The van der Waals surface area contributed by atoms with Crippen LogP contribution in [-0.2, 0) is 0 Å². The Bertz CT molecular complexity index is 160. The summed E-state index contributed by atoms with van der Waals surface area (Å²) in [5, 5.41) is 3.71. The van der Waals surface area contributed by atoms with Crippen molar-refractivity contribution in [2.24, 2.45) is 0 Å². The minimum Gasteiger partial charge on any atom is -0.312 e. The summed E-state index contributed by atoms with van der Waals surface area (Å²) in [4.78, 5) is 2.67. The molecule has 14 heavy (non-hydrogen) atoms. The molecule has 1 unspecified atom stereocenters. The SMILES string of the molecule is CCC(CNC1CCC1)N1CCCC1. The summed E-state index contributed by atoms with van der Waals surface area (Å²) in [7, 11) is 0. The monoisotopic (exact) mass is 196 g/mol. The van der Waals surface area contributed by atoms with Gasteiger partial charge in [0.05, 0.1) is 0 Å². The van der Waals surface area contributed by atoms with E-state index in [9.17, 15) is 0 Å². The molecule has 1 aliphatic heterocycles. The zero-order valence-electron chi connectivity index (χ0n) is 9.47. The maximum Gasteiger partial charge on any atom is 0.0218 e. The molecule has 2 fully saturated rings. The molecule has 2 aliphatic rings. The van der Waals surface area contributed by atoms with E-state index in [4.69, 9.17) is 0 Å². The van der Waals surface area contributed by atoms with Crippen molar-refractivity contribution in [3.63, 3.8) is 0 Å². The molecule has 1 aliphatic carbocycles. The highest BCUT2D eigenvalue weighted by Crippen LogP contribution is 2.19.